The normalized spacial score (nSPS) is 10.6. The van der Waals surface area contributed by atoms with Crippen LogP contribution >= 0.6 is 0 Å². The minimum absolute atomic E-state index is 0.439. The number of nitriles is 1. The molecule has 0 saturated carbocycles. The molecule has 0 aromatic heterocycles. The molecule has 0 amide bonds. The lowest BCUT2D eigenvalue weighted by Crippen LogP contribution is -2.05. The van der Waals surface area contributed by atoms with Gasteiger partial charge in [-0.1, -0.05) is 25.1 Å². The molecule has 1 rings (SSSR count). The van der Waals surface area contributed by atoms with Crippen LogP contribution in [0.3, 0.4) is 0 Å². The summed E-state index contributed by atoms with van der Waals surface area (Å²) in [5, 5.41) is 8.33. The van der Waals surface area contributed by atoms with Crippen LogP contribution in [0.4, 0.5) is 0 Å². The fourth-order valence-corrected chi connectivity index (χ4v) is 0.854. The summed E-state index contributed by atoms with van der Waals surface area (Å²) < 4.78 is 5.33. The SMILES string of the molecule is CCC(=NC#N)Oc1ccccc1. The highest BCUT2D eigenvalue weighted by Gasteiger charge is 1.97. The van der Waals surface area contributed by atoms with Gasteiger partial charge in [0.15, 0.2) is 0 Å². The molecule has 0 fully saturated rings. The number of para-hydroxylation sites is 1. The molecule has 1 aromatic rings. The van der Waals surface area contributed by atoms with Gasteiger partial charge in [-0.25, -0.2) is 0 Å². The second kappa shape index (κ2) is 4.94. The van der Waals surface area contributed by atoms with Gasteiger partial charge in [0.05, 0.1) is 0 Å². The van der Waals surface area contributed by atoms with Crippen LogP contribution in [-0.2, 0) is 0 Å². The van der Waals surface area contributed by atoms with Gasteiger partial charge in [-0.05, 0) is 12.1 Å². The Kier molecular flexibility index (Phi) is 3.52. The standard InChI is InChI=1S/C10H10N2O/c1-2-10(12-8-11)13-9-6-4-3-5-7-9/h3-7H,2H2,1H3. The number of rotatable bonds is 2. The van der Waals surface area contributed by atoms with Crippen molar-refractivity contribution >= 4 is 5.90 Å². The molecule has 0 saturated heterocycles. The first-order valence-corrected chi connectivity index (χ1v) is 4.05. The molecule has 0 unspecified atom stereocenters. The highest BCUT2D eigenvalue weighted by Crippen LogP contribution is 2.09. The predicted octanol–water partition coefficient (Wildman–Crippen LogP) is 2.35. The molecular weight excluding hydrogens is 164 g/mol. The third kappa shape index (κ3) is 2.96. The molecule has 0 aliphatic carbocycles. The number of aliphatic imine (C=N–C) groups is 1. The Balaban J connectivity index is 2.69. The van der Waals surface area contributed by atoms with Gasteiger partial charge in [0.1, 0.15) is 5.75 Å². The highest BCUT2D eigenvalue weighted by molar-refractivity contribution is 5.79. The lowest BCUT2D eigenvalue weighted by atomic mass is 10.3. The maximum absolute atomic E-state index is 8.33. The van der Waals surface area contributed by atoms with Crippen LogP contribution in [0.2, 0.25) is 0 Å². The van der Waals surface area contributed by atoms with Crippen molar-refractivity contribution in [2.75, 3.05) is 0 Å². The van der Waals surface area contributed by atoms with Crippen molar-refractivity contribution in [1.82, 2.24) is 0 Å². The first-order chi connectivity index (χ1) is 6.36. The summed E-state index contributed by atoms with van der Waals surface area (Å²) in [6.07, 6.45) is 2.32. The lowest BCUT2D eigenvalue weighted by molar-refractivity contribution is 0.536. The fourth-order valence-electron chi connectivity index (χ4n) is 0.854. The predicted molar refractivity (Wildman–Crippen MR) is 50.4 cm³/mol. The van der Waals surface area contributed by atoms with Gasteiger partial charge in [0, 0.05) is 6.42 Å². The van der Waals surface area contributed by atoms with Crippen molar-refractivity contribution in [1.29, 1.82) is 5.26 Å². The van der Waals surface area contributed by atoms with E-state index in [4.69, 9.17) is 10.00 Å². The largest absolute Gasteiger partial charge is 0.442 e. The van der Waals surface area contributed by atoms with Gasteiger partial charge in [0.25, 0.3) is 0 Å². The zero-order chi connectivity index (χ0) is 9.52. The number of ether oxygens (including phenoxy) is 1. The molecule has 0 aliphatic rings. The minimum atomic E-state index is 0.439. The van der Waals surface area contributed by atoms with Crippen LogP contribution in [0.5, 0.6) is 5.75 Å². The monoisotopic (exact) mass is 174 g/mol. The Hall–Kier alpha value is -1.82. The summed E-state index contributed by atoms with van der Waals surface area (Å²) in [5.74, 6) is 1.15. The van der Waals surface area contributed by atoms with Crippen molar-refractivity contribution in [3.63, 3.8) is 0 Å². The van der Waals surface area contributed by atoms with Crippen LogP contribution in [0.25, 0.3) is 0 Å². The quantitative estimate of drug-likeness (QED) is 0.392. The van der Waals surface area contributed by atoms with Crippen LogP contribution in [0.1, 0.15) is 13.3 Å². The van der Waals surface area contributed by atoms with Gasteiger partial charge >= 0.3 is 0 Å². The smallest absolute Gasteiger partial charge is 0.208 e. The molecule has 0 atom stereocenters. The van der Waals surface area contributed by atoms with E-state index in [1.807, 2.05) is 37.3 Å². The molecular formula is C10H10N2O. The number of benzene rings is 1. The summed E-state index contributed by atoms with van der Waals surface area (Å²) in [5.41, 5.74) is 0. The molecule has 1 aromatic carbocycles. The van der Waals surface area contributed by atoms with Gasteiger partial charge in [0.2, 0.25) is 12.1 Å². The topological polar surface area (TPSA) is 45.4 Å². The van der Waals surface area contributed by atoms with Crippen molar-refractivity contribution < 1.29 is 4.74 Å². The summed E-state index contributed by atoms with van der Waals surface area (Å²) in [7, 11) is 0. The molecule has 3 nitrogen and oxygen atoms in total. The Bertz CT molecular complexity index is 325. The van der Waals surface area contributed by atoms with Crippen molar-refractivity contribution in [3.05, 3.63) is 30.3 Å². The molecule has 0 spiro atoms. The Morgan fingerprint density at radius 3 is 2.69 bits per heavy atom. The summed E-state index contributed by atoms with van der Waals surface area (Å²) in [4.78, 5) is 3.54. The molecule has 13 heavy (non-hydrogen) atoms. The van der Waals surface area contributed by atoms with Crippen LogP contribution in [0.15, 0.2) is 35.3 Å². The first-order valence-electron chi connectivity index (χ1n) is 4.05. The lowest BCUT2D eigenvalue weighted by Gasteiger charge is -2.03. The Labute approximate surface area is 77.3 Å². The molecule has 66 valence electrons. The second-order valence-corrected chi connectivity index (χ2v) is 2.37. The van der Waals surface area contributed by atoms with Crippen molar-refractivity contribution in [3.8, 4) is 11.9 Å². The second-order valence-electron chi connectivity index (χ2n) is 2.37. The van der Waals surface area contributed by atoms with Crippen molar-refractivity contribution in [2.24, 2.45) is 4.99 Å². The van der Waals surface area contributed by atoms with Gasteiger partial charge < -0.3 is 4.74 Å². The summed E-state index contributed by atoms with van der Waals surface area (Å²) in [6, 6.07) is 9.29. The molecule has 3 heteroatoms. The van der Waals surface area contributed by atoms with Crippen molar-refractivity contribution in [2.45, 2.75) is 13.3 Å². The van der Waals surface area contributed by atoms with E-state index in [1.54, 1.807) is 6.19 Å². The molecule has 0 bridgehead atoms. The number of hydrogen-bond acceptors (Lipinski definition) is 3. The number of nitrogens with zero attached hydrogens (tertiary/aromatic N) is 2. The molecule has 0 aliphatic heterocycles. The van der Waals surface area contributed by atoms with E-state index < -0.39 is 0 Å². The Morgan fingerprint density at radius 2 is 2.15 bits per heavy atom. The van der Waals surface area contributed by atoms with E-state index in [2.05, 4.69) is 4.99 Å². The Morgan fingerprint density at radius 1 is 1.46 bits per heavy atom. The number of hydrogen-bond donors (Lipinski definition) is 0. The fraction of sp³-hybridized carbons (Fsp3) is 0.200. The van der Waals surface area contributed by atoms with E-state index in [1.165, 1.54) is 0 Å². The van der Waals surface area contributed by atoms with E-state index in [0.29, 0.717) is 18.1 Å². The zero-order valence-electron chi connectivity index (χ0n) is 7.40. The van der Waals surface area contributed by atoms with Crippen LogP contribution in [0, 0.1) is 11.5 Å². The molecule has 0 radical (unpaired) electrons. The third-order valence-electron chi connectivity index (χ3n) is 1.46. The summed E-state index contributed by atoms with van der Waals surface area (Å²) >= 11 is 0. The van der Waals surface area contributed by atoms with Gasteiger partial charge in [-0.3, -0.25) is 0 Å². The van der Waals surface area contributed by atoms with E-state index in [9.17, 15) is 0 Å². The molecule has 0 N–H and O–H groups in total. The van der Waals surface area contributed by atoms with E-state index in [0.717, 1.165) is 0 Å². The minimum Gasteiger partial charge on any atom is -0.442 e. The average Bonchev–Trinajstić information content (AvgIpc) is 2.19. The third-order valence-corrected chi connectivity index (χ3v) is 1.46. The van der Waals surface area contributed by atoms with Gasteiger partial charge in [-0.2, -0.15) is 5.26 Å². The average molecular weight is 174 g/mol. The van der Waals surface area contributed by atoms with E-state index in [-0.39, 0.29) is 0 Å². The molecule has 0 heterocycles. The van der Waals surface area contributed by atoms with Crippen LogP contribution in [-0.4, -0.2) is 5.90 Å². The van der Waals surface area contributed by atoms with Crippen LogP contribution < -0.4 is 4.74 Å². The maximum atomic E-state index is 8.33. The zero-order valence-corrected chi connectivity index (χ0v) is 7.40. The summed E-state index contributed by atoms with van der Waals surface area (Å²) in [6.45, 7) is 1.89. The maximum Gasteiger partial charge on any atom is 0.208 e. The first kappa shape index (κ1) is 9.27. The highest BCUT2D eigenvalue weighted by atomic mass is 16.5. The van der Waals surface area contributed by atoms with Gasteiger partial charge in [-0.15, -0.1) is 4.99 Å². The van der Waals surface area contributed by atoms with E-state index >= 15 is 0 Å².